The molecule has 102 valence electrons. The molecule has 2 aromatic rings. The van der Waals surface area contributed by atoms with Crippen LogP contribution in [0.3, 0.4) is 0 Å². The quantitative estimate of drug-likeness (QED) is 0.832. The highest BCUT2D eigenvalue weighted by Gasteiger charge is 2.10. The molecule has 0 fully saturated rings. The maximum absolute atomic E-state index is 13.8. The van der Waals surface area contributed by atoms with Gasteiger partial charge < -0.3 is 4.74 Å². The SMILES string of the molecule is Cc1cccc(OCc2ncnn2CC(C)C)c1F. The summed E-state index contributed by atoms with van der Waals surface area (Å²) in [4.78, 5) is 4.14. The molecule has 1 aromatic carbocycles. The van der Waals surface area contributed by atoms with E-state index < -0.39 is 0 Å². The number of hydrogen-bond donors (Lipinski definition) is 0. The Morgan fingerprint density at radius 1 is 1.37 bits per heavy atom. The third-order valence-electron chi connectivity index (χ3n) is 2.75. The molecule has 0 spiro atoms. The molecule has 1 aromatic heterocycles. The molecule has 2 rings (SSSR count). The maximum atomic E-state index is 13.8. The number of ether oxygens (including phenoxy) is 1. The van der Waals surface area contributed by atoms with Crippen molar-refractivity contribution in [2.24, 2.45) is 5.92 Å². The highest BCUT2D eigenvalue weighted by Crippen LogP contribution is 2.20. The van der Waals surface area contributed by atoms with Crippen molar-refractivity contribution in [3.63, 3.8) is 0 Å². The van der Waals surface area contributed by atoms with Gasteiger partial charge in [-0.25, -0.2) is 14.1 Å². The summed E-state index contributed by atoms with van der Waals surface area (Å²) < 4.78 is 21.0. The van der Waals surface area contributed by atoms with E-state index in [0.717, 1.165) is 6.54 Å². The first kappa shape index (κ1) is 13.5. The molecule has 0 atom stereocenters. The zero-order valence-electron chi connectivity index (χ0n) is 11.4. The lowest BCUT2D eigenvalue weighted by Gasteiger charge is -2.10. The molecule has 0 unspecified atom stereocenters. The number of hydrogen-bond acceptors (Lipinski definition) is 3. The predicted molar refractivity (Wildman–Crippen MR) is 70.3 cm³/mol. The lowest BCUT2D eigenvalue weighted by molar-refractivity contribution is 0.269. The Hall–Kier alpha value is -1.91. The molecule has 5 heteroatoms. The maximum Gasteiger partial charge on any atom is 0.167 e. The second kappa shape index (κ2) is 5.82. The molecule has 0 aliphatic carbocycles. The fraction of sp³-hybridized carbons (Fsp3) is 0.429. The molecule has 0 aliphatic rings. The van der Waals surface area contributed by atoms with Crippen LogP contribution >= 0.6 is 0 Å². The molecule has 4 nitrogen and oxygen atoms in total. The van der Waals surface area contributed by atoms with Crippen molar-refractivity contribution < 1.29 is 9.13 Å². The molecule has 19 heavy (non-hydrogen) atoms. The minimum atomic E-state index is -0.322. The van der Waals surface area contributed by atoms with E-state index in [-0.39, 0.29) is 18.2 Å². The van der Waals surface area contributed by atoms with Crippen molar-refractivity contribution in [3.8, 4) is 5.75 Å². The second-order valence-corrected chi connectivity index (χ2v) is 4.93. The summed E-state index contributed by atoms with van der Waals surface area (Å²) in [5.74, 6) is 1.10. The number of nitrogens with zero attached hydrogens (tertiary/aromatic N) is 3. The molecule has 0 N–H and O–H groups in total. The summed E-state index contributed by atoms with van der Waals surface area (Å²) in [5.41, 5.74) is 0.571. The van der Waals surface area contributed by atoms with Crippen LogP contribution in [0.4, 0.5) is 4.39 Å². The zero-order chi connectivity index (χ0) is 13.8. The van der Waals surface area contributed by atoms with Gasteiger partial charge in [-0.15, -0.1) is 0 Å². The van der Waals surface area contributed by atoms with Crippen molar-refractivity contribution in [2.45, 2.75) is 33.9 Å². The molecule has 0 saturated carbocycles. The van der Waals surface area contributed by atoms with Crippen LogP contribution in [0.1, 0.15) is 25.2 Å². The van der Waals surface area contributed by atoms with E-state index in [1.165, 1.54) is 6.33 Å². The Labute approximate surface area is 112 Å². The number of halogens is 1. The first-order valence-corrected chi connectivity index (χ1v) is 6.32. The summed E-state index contributed by atoms with van der Waals surface area (Å²) in [5, 5.41) is 4.14. The van der Waals surface area contributed by atoms with E-state index in [1.54, 1.807) is 29.8 Å². The van der Waals surface area contributed by atoms with E-state index in [4.69, 9.17) is 4.74 Å². The van der Waals surface area contributed by atoms with Crippen LogP contribution in [-0.4, -0.2) is 14.8 Å². The van der Waals surface area contributed by atoms with Crippen LogP contribution in [0.2, 0.25) is 0 Å². The third kappa shape index (κ3) is 3.30. The average molecular weight is 263 g/mol. The van der Waals surface area contributed by atoms with E-state index in [0.29, 0.717) is 17.3 Å². The summed E-state index contributed by atoms with van der Waals surface area (Å²) >= 11 is 0. The highest BCUT2D eigenvalue weighted by molar-refractivity contribution is 5.30. The van der Waals surface area contributed by atoms with E-state index in [2.05, 4.69) is 23.9 Å². The van der Waals surface area contributed by atoms with E-state index >= 15 is 0 Å². The van der Waals surface area contributed by atoms with Gasteiger partial charge in [0.25, 0.3) is 0 Å². The summed E-state index contributed by atoms with van der Waals surface area (Å²) in [6.07, 6.45) is 1.49. The average Bonchev–Trinajstić information content (AvgIpc) is 2.78. The molecule has 0 radical (unpaired) electrons. The zero-order valence-corrected chi connectivity index (χ0v) is 11.4. The summed E-state index contributed by atoms with van der Waals surface area (Å²) in [7, 11) is 0. The van der Waals surface area contributed by atoms with Crippen LogP contribution in [0.25, 0.3) is 0 Å². The topological polar surface area (TPSA) is 39.9 Å². The Balaban J connectivity index is 2.06. The van der Waals surface area contributed by atoms with Gasteiger partial charge >= 0.3 is 0 Å². The van der Waals surface area contributed by atoms with Gasteiger partial charge in [-0.2, -0.15) is 5.10 Å². The molecule has 0 aliphatic heterocycles. The first-order chi connectivity index (χ1) is 9.08. The predicted octanol–water partition coefficient (Wildman–Crippen LogP) is 2.96. The van der Waals surface area contributed by atoms with Crippen molar-refractivity contribution >= 4 is 0 Å². The third-order valence-corrected chi connectivity index (χ3v) is 2.75. The summed E-state index contributed by atoms with van der Waals surface area (Å²) in [6, 6.07) is 5.10. The van der Waals surface area contributed by atoms with Crippen molar-refractivity contribution in [3.05, 3.63) is 41.7 Å². The minimum Gasteiger partial charge on any atom is -0.483 e. The van der Waals surface area contributed by atoms with E-state index in [1.807, 2.05) is 0 Å². The van der Waals surface area contributed by atoms with Gasteiger partial charge in [0.15, 0.2) is 17.4 Å². The summed E-state index contributed by atoms with van der Waals surface area (Å²) in [6.45, 7) is 6.91. The monoisotopic (exact) mass is 263 g/mol. The second-order valence-electron chi connectivity index (χ2n) is 4.93. The van der Waals surface area contributed by atoms with Crippen LogP contribution in [0.15, 0.2) is 24.5 Å². The van der Waals surface area contributed by atoms with Gasteiger partial charge in [-0.3, -0.25) is 0 Å². The Morgan fingerprint density at radius 2 is 2.16 bits per heavy atom. The molecular weight excluding hydrogens is 245 g/mol. The van der Waals surface area contributed by atoms with Crippen molar-refractivity contribution in [2.75, 3.05) is 0 Å². The van der Waals surface area contributed by atoms with Crippen molar-refractivity contribution in [1.29, 1.82) is 0 Å². The van der Waals surface area contributed by atoms with Crippen LogP contribution in [0, 0.1) is 18.7 Å². The molecule has 0 amide bonds. The Morgan fingerprint density at radius 3 is 2.89 bits per heavy atom. The highest BCUT2D eigenvalue weighted by atomic mass is 19.1. The molecule has 1 heterocycles. The smallest absolute Gasteiger partial charge is 0.167 e. The molecular formula is C14H18FN3O. The van der Waals surface area contributed by atoms with Crippen LogP contribution in [-0.2, 0) is 13.2 Å². The largest absolute Gasteiger partial charge is 0.483 e. The molecule has 0 bridgehead atoms. The number of rotatable bonds is 5. The van der Waals surface area contributed by atoms with E-state index in [9.17, 15) is 4.39 Å². The first-order valence-electron chi connectivity index (χ1n) is 6.32. The number of aryl methyl sites for hydroxylation is 1. The van der Waals surface area contributed by atoms with Gasteiger partial charge in [-0.1, -0.05) is 26.0 Å². The standard InChI is InChI=1S/C14H18FN3O/c1-10(2)7-18-13(16-9-17-18)8-19-12-6-4-5-11(3)14(12)15/h4-6,9-10H,7-8H2,1-3H3. The Bertz CT molecular complexity index is 551. The normalized spacial score (nSPS) is 11.0. The van der Waals surface area contributed by atoms with Gasteiger partial charge in [0.1, 0.15) is 12.9 Å². The number of aromatic nitrogens is 3. The minimum absolute atomic E-state index is 0.215. The van der Waals surface area contributed by atoms with Gasteiger partial charge in [0.05, 0.1) is 0 Å². The fourth-order valence-electron chi connectivity index (χ4n) is 1.77. The Kier molecular flexibility index (Phi) is 4.14. The van der Waals surface area contributed by atoms with Gasteiger partial charge in [0, 0.05) is 6.54 Å². The lowest BCUT2D eigenvalue weighted by Crippen LogP contribution is -2.12. The lowest BCUT2D eigenvalue weighted by atomic mass is 10.2. The number of benzene rings is 1. The molecule has 0 saturated heterocycles. The van der Waals surface area contributed by atoms with Crippen LogP contribution < -0.4 is 4.74 Å². The van der Waals surface area contributed by atoms with Gasteiger partial charge in [-0.05, 0) is 24.5 Å². The van der Waals surface area contributed by atoms with Crippen molar-refractivity contribution in [1.82, 2.24) is 14.8 Å². The van der Waals surface area contributed by atoms with Gasteiger partial charge in [0.2, 0.25) is 0 Å². The van der Waals surface area contributed by atoms with Crippen LogP contribution in [0.5, 0.6) is 5.75 Å². The fourth-order valence-corrected chi connectivity index (χ4v) is 1.77.